The summed E-state index contributed by atoms with van der Waals surface area (Å²) < 4.78 is 0. The average Bonchev–Trinajstić information content (AvgIpc) is 2.03. The first-order valence-electron chi connectivity index (χ1n) is 4.55. The van der Waals surface area contributed by atoms with Crippen LogP contribution in [0.5, 0.6) is 0 Å². The molecule has 2 rings (SSSR count). The van der Waals surface area contributed by atoms with Crippen molar-refractivity contribution >= 4 is 24.8 Å². The lowest BCUT2D eigenvalue weighted by molar-refractivity contribution is 0.418. The highest BCUT2D eigenvalue weighted by Gasteiger charge is 2.19. The Morgan fingerprint density at radius 3 is 2.36 bits per heavy atom. The van der Waals surface area contributed by atoms with Gasteiger partial charge in [-0.15, -0.1) is 24.8 Å². The van der Waals surface area contributed by atoms with E-state index in [0.717, 1.165) is 11.6 Å². The molecular weight excluding hydrogens is 219 g/mol. The Hall–Kier alpha value is -0.310. The van der Waals surface area contributed by atoms with Gasteiger partial charge < -0.3 is 5.73 Å². The van der Waals surface area contributed by atoms with E-state index in [1.807, 2.05) is 12.3 Å². The Labute approximate surface area is 97.1 Å². The molecule has 1 aliphatic rings. The summed E-state index contributed by atoms with van der Waals surface area (Å²) in [5, 5.41) is 0. The molecule has 2 nitrogen and oxygen atoms in total. The van der Waals surface area contributed by atoms with E-state index >= 15 is 0 Å². The number of nitrogens with zero attached hydrogens (tertiary/aromatic N) is 1. The highest BCUT2D eigenvalue weighted by molar-refractivity contribution is 5.85. The van der Waals surface area contributed by atoms with E-state index in [9.17, 15) is 0 Å². The molecule has 14 heavy (non-hydrogen) atoms. The molecular formula is C10H16Cl2N2. The topological polar surface area (TPSA) is 38.9 Å². The zero-order valence-electron chi connectivity index (χ0n) is 7.98. The van der Waals surface area contributed by atoms with Crippen LogP contribution in [0.4, 0.5) is 0 Å². The minimum Gasteiger partial charge on any atom is -0.325 e. The fraction of sp³-hybridized carbons (Fsp3) is 0.500. The number of hydrogen-bond donors (Lipinski definition) is 1. The molecule has 1 fully saturated rings. The average molecular weight is 235 g/mol. The lowest BCUT2D eigenvalue weighted by Crippen LogP contribution is -2.09. The van der Waals surface area contributed by atoms with Gasteiger partial charge in [0.25, 0.3) is 0 Å². The van der Waals surface area contributed by atoms with Crippen molar-refractivity contribution in [1.82, 2.24) is 4.98 Å². The van der Waals surface area contributed by atoms with Gasteiger partial charge in [0.2, 0.25) is 0 Å². The fourth-order valence-corrected chi connectivity index (χ4v) is 1.54. The normalized spacial score (nSPS) is 14.9. The molecule has 1 aromatic rings. The van der Waals surface area contributed by atoms with Gasteiger partial charge >= 0.3 is 0 Å². The molecule has 80 valence electrons. The van der Waals surface area contributed by atoms with Crippen molar-refractivity contribution in [3.63, 3.8) is 0 Å². The summed E-state index contributed by atoms with van der Waals surface area (Å²) in [6.45, 7) is 0.547. The Balaban J connectivity index is 0.000000845. The van der Waals surface area contributed by atoms with E-state index in [2.05, 4.69) is 11.1 Å². The number of aromatic nitrogens is 1. The van der Waals surface area contributed by atoms with Crippen LogP contribution in [-0.2, 0) is 6.54 Å². The molecule has 0 aromatic carbocycles. The molecule has 0 atom stereocenters. The van der Waals surface area contributed by atoms with E-state index in [4.69, 9.17) is 5.73 Å². The van der Waals surface area contributed by atoms with Crippen molar-refractivity contribution in [3.05, 3.63) is 29.6 Å². The first-order valence-corrected chi connectivity index (χ1v) is 4.55. The van der Waals surface area contributed by atoms with E-state index in [1.165, 1.54) is 24.8 Å². The fourth-order valence-electron chi connectivity index (χ4n) is 1.54. The lowest BCUT2D eigenvalue weighted by Gasteiger charge is -2.25. The molecule has 4 heteroatoms. The van der Waals surface area contributed by atoms with E-state index in [-0.39, 0.29) is 24.8 Å². The monoisotopic (exact) mass is 234 g/mol. The maximum absolute atomic E-state index is 5.46. The quantitative estimate of drug-likeness (QED) is 0.855. The van der Waals surface area contributed by atoms with Crippen LogP contribution in [0.2, 0.25) is 0 Å². The molecule has 1 aliphatic carbocycles. The summed E-state index contributed by atoms with van der Waals surface area (Å²) in [7, 11) is 0. The van der Waals surface area contributed by atoms with Crippen LogP contribution in [0.15, 0.2) is 18.3 Å². The highest BCUT2D eigenvalue weighted by atomic mass is 35.5. The molecule has 0 radical (unpaired) electrons. The number of pyridine rings is 1. The maximum Gasteiger partial charge on any atom is 0.0539 e. The molecule has 1 saturated carbocycles. The second-order valence-corrected chi connectivity index (χ2v) is 3.41. The van der Waals surface area contributed by atoms with Crippen LogP contribution in [0.25, 0.3) is 0 Å². The van der Waals surface area contributed by atoms with E-state index < -0.39 is 0 Å². The second kappa shape index (κ2) is 6.23. The molecule has 0 amide bonds. The van der Waals surface area contributed by atoms with Crippen molar-refractivity contribution in [1.29, 1.82) is 0 Å². The third kappa shape index (κ3) is 2.84. The molecule has 2 N–H and O–H groups in total. The van der Waals surface area contributed by atoms with Crippen LogP contribution in [0.3, 0.4) is 0 Å². The van der Waals surface area contributed by atoms with Gasteiger partial charge in [0, 0.05) is 12.7 Å². The second-order valence-electron chi connectivity index (χ2n) is 3.41. The van der Waals surface area contributed by atoms with Crippen molar-refractivity contribution < 1.29 is 0 Å². The molecule has 1 aromatic heterocycles. The van der Waals surface area contributed by atoms with Gasteiger partial charge in [-0.1, -0.05) is 12.5 Å². The van der Waals surface area contributed by atoms with Crippen LogP contribution in [0.1, 0.15) is 36.4 Å². The summed E-state index contributed by atoms with van der Waals surface area (Å²) in [6, 6.07) is 4.20. The Kier molecular flexibility index (Phi) is 6.09. The minimum absolute atomic E-state index is 0. The van der Waals surface area contributed by atoms with Crippen molar-refractivity contribution in [2.24, 2.45) is 5.73 Å². The summed E-state index contributed by atoms with van der Waals surface area (Å²) in [5.41, 5.74) is 7.83. The number of halogens is 2. The Morgan fingerprint density at radius 2 is 2.00 bits per heavy atom. The van der Waals surface area contributed by atoms with Gasteiger partial charge in [-0.3, -0.25) is 4.98 Å². The van der Waals surface area contributed by atoms with Gasteiger partial charge in [0.1, 0.15) is 0 Å². The summed E-state index contributed by atoms with van der Waals surface area (Å²) in [4.78, 5) is 4.28. The summed E-state index contributed by atoms with van der Waals surface area (Å²) in [5.74, 6) is 0.782. The molecule has 0 unspecified atom stereocenters. The number of rotatable bonds is 2. The highest BCUT2D eigenvalue weighted by Crippen LogP contribution is 2.35. The zero-order chi connectivity index (χ0) is 8.39. The molecule has 1 heterocycles. The minimum atomic E-state index is 0. The van der Waals surface area contributed by atoms with E-state index in [0.29, 0.717) is 6.54 Å². The third-order valence-corrected chi connectivity index (χ3v) is 2.63. The first kappa shape index (κ1) is 13.7. The third-order valence-electron chi connectivity index (χ3n) is 2.63. The number of hydrogen-bond acceptors (Lipinski definition) is 2. The van der Waals surface area contributed by atoms with Crippen molar-refractivity contribution in [2.45, 2.75) is 31.7 Å². The Morgan fingerprint density at radius 1 is 1.29 bits per heavy atom. The van der Waals surface area contributed by atoms with Crippen molar-refractivity contribution in [2.75, 3.05) is 0 Å². The van der Waals surface area contributed by atoms with Crippen LogP contribution in [-0.4, -0.2) is 4.98 Å². The first-order chi connectivity index (χ1) is 5.90. The van der Waals surface area contributed by atoms with Gasteiger partial charge in [0.05, 0.1) is 5.69 Å². The van der Waals surface area contributed by atoms with Gasteiger partial charge in [-0.25, -0.2) is 0 Å². The van der Waals surface area contributed by atoms with Crippen LogP contribution < -0.4 is 5.73 Å². The lowest BCUT2D eigenvalue weighted by atomic mass is 9.81. The zero-order valence-corrected chi connectivity index (χ0v) is 9.61. The van der Waals surface area contributed by atoms with Crippen molar-refractivity contribution in [3.8, 4) is 0 Å². The molecule has 0 spiro atoms. The van der Waals surface area contributed by atoms with E-state index in [1.54, 1.807) is 0 Å². The van der Waals surface area contributed by atoms with Gasteiger partial charge in [0.15, 0.2) is 0 Å². The van der Waals surface area contributed by atoms with Crippen LogP contribution >= 0.6 is 24.8 Å². The molecule has 0 bridgehead atoms. The summed E-state index contributed by atoms with van der Waals surface area (Å²) in [6.07, 6.45) is 6.03. The largest absolute Gasteiger partial charge is 0.325 e. The summed E-state index contributed by atoms with van der Waals surface area (Å²) >= 11 is 0. The van der Waals surface area contributed by atoms with Gasteiger partial charge in [-0.05, 0) is 30.4 Å². The Bertz CT molecular complexity index is 257. The number of nitrogens with two attached hydrogens (primary N) is 1. The molecule has 0 aliphatic heterocycles. The van der Waals surface area contributed by atoms with Gasteiger partial charge in [-0.2, -0.15) is 0 Å². The SMILES string of the molecule is Cl.Cl.NCc1ccc(C2CCC2)cn1. The maximum atomic E-state index is 5.46. The van der Waals surface area contributed by atoms with Crippen LogP contribution in [0, 0.1) is 0 Å². The standard InChI is InChI=1S/C10H14N2.2ClH/c11-6-10-5-4-9(7-12-10)8-2-1-3-8;;/h4-5,7-8H,1-3,6,11H2;2*1H. The predicted molar refractivity (Wildman–Crippen MR) is 63.2 cm³/mol. The molecule has 0 saturated heterocycles. The predicted octanol–water partition coefficient (Wildman–Crippen LogP) is 2.65. The smallest absolute Gasteiger partial charge is 0.0539 e.